The normalized spacial score (nSPS) is 41.2. The number of likely N-dealkylation sites (tertiary alicyclic amines) is 1. The molecule has 3 rings (SSSR count). The van der Waals surface area contributed by atoms with Gasteiger partial charge in [0, 0.05) is 25.6 Å². The molecule has 0 spiro atoms. The molecule has 2 N–H and O–H groups in total. The monoisotopic (exact) mass is 266 g/mol. The maximum Gasteiger partial charge on any atom is 0.237 e. The molecule has 4 nitrogen and oxygen atoms in total. The Hall–Kier alpha value is -0.610. The van der Waals surface area contributed by atoms with Crippen LogP contribution >= 0.6 is 0 Å². The van der Waals surface area contributed by atoms with Gasteiger partial charge >= 0.3 is 0 Å². The Morgan fingerprint density at radius 2 is 2.00 bits per heavy atom. The van der Waals surface area contributed by atoms with E-state index in [4.69, 9.17) is 0 Å². The Morgan fingerprint density at radius 1 is 1.16 bits per heavy atom. The summed E-state index contributed by atoms with van der Waals surface area (Å²) in [6.07, 6.45) is 8.55. The van der Waals surface area contributed by atoms with Crippen LogP contribution in [0.5, 0.6) is 0 Å². The van der Waals surface area contributed by atoms with E-state index >= 15 is 0 Å². The van der Waals surface area contributed by atoms with Crippen molar-refractivity contribution in [2.24, 2.45) is 5.92 Å². The average molecular weight is 266 g/mol. The van der Waals surface area contributed by atoms with Gasteiger partial charge in [-0.05, 0) is 38.5 Å². The van der Waals surface area contributed by atoms with E-state index < -0.39 is 5.60 Å². The molecule has 1 saturated carbocycles. The summed E-state index contributed by atoms with van der Waals surface area (Å²) in [5.74, 6) is 0.588. The fraction of sp³-hybridized carbons (Fsp3) is 0.933. The van der Waals surface area contributed by atoms with E-state index in [1.807, 2.05) is 0 Å². The molecule has 3 atom stereocenters. The van der Waals surface area contributed by atoms with Crippen LogP contribution in [0.25, 0.3) is 0 Å². The smallest absolute Gasteiger partial charge is 0.237 e. The molecule has 2 aliphatic heterocycles. The van der Waals surface area contributed by atoms with Crippen LogP contribution in [0, 0.1) is 5.92 Å². The molecule has 2 heterocycles. The molecule has 0 aromatic carbocycles. The lowest BCUT2D eigenvalue weighted by molar-refractivity contribution is -0.134. The highest BCUT2D eigenvalue weighted by Gasteiger charge is 2.44. The van der Waals surface area contributed by atoms with E-state index in [1.165, 1.54) is 6.42 Å². The second kappa shape index (κ2) is 5.41. The quantitative estimate of drug-likeness (QED) is 0.752. The van der Waals surface area contributed by atoms with Crippen LogP contribution < -0.4 is 5.32 Å². The summed E-state index contributed by atoms with van der Waals surface area (Å²) in [6.45, 7) is 2.62. The van der Waals surface area contributed by atoms with E-state index in [9.17, 15) is 9.90 Å². The minimum atomic E-state index is -0.435. The lowest BCUT2D eigenvalue weighted by atomic mass is 9.71. The maximum absolute atomic E-state index is 12.1. The molecule has 19 heavy (non-hydrogen) atoms. The summed E-state index contributed by atoms with van der Waals surface area (Å²) >= 11 is 0. The molecule has 0 bridgehead atoms. The van der Waals surface area contributed by atoms with Crippen molar-refractivity contribution < 1.29 is 9.90 Å². The van der Waals surface area contributed by atoms with Crippen LogP contribution in [0.3, 0.4) is 0 Å². The molecule has 2 saturated heterocycles. The summed E-state index contributed by atoms with van der Waals surface area (Å²) in [4.78, 5) is 14.5. The van der Waals surface area contributed by atoms with Gasteiger partial charge in [0.2, 0.25) is 5.91 Å². The number of piperidine rings is 1. The van der Waals surface area contributed by atoms with Gasteiger partial charge in [-0.25, -0.2) is 0 Å². The van der Waals surface area contributed by atoms with Crippen molar-refractivity contribution >= 4 is 5.91 Å². The van der Waals surface area contributed by atoms with Gasteiger partial charge in [-0.15, -0.1) is 0 Å². The number of aliphatic hydroxyl groups is 1. The molecule has 4 heteroatoms. The SMILES string of the molecule is O=C1NCCCCC1N1CCC2(O)CCCCC2C1. The van der Waals surface area contributed by atoms with Crippen molar-refractivity contribution in [3.63, 3.8) is 0 Å². The van der Waals surface area contributed by atoms with Gasteiger partial charge in [-0.2, -0.15) is 0 Å². The van der Waals surface area contributed by atoms with Crippen LogP contribution in [-0.4, -0.2) is 47.2 Å². The molecule has 1 aliphatic carbocycles. The van der Waals surface area contributed by atoms with E-state index in [2.05, 4.69) is 10.2 Å². The number of rotatable bonds is 1. The van der Waals surface area contributed by atoms with Crippen molar-refractivity contribution in [3.8, 4) is 0 Å². The van der Waals surface area contributed by atoms with Crippen molar-refractivity contribution in [3.05, 3.63) is 0 Å². The lowest BCUT2D eigenvalue weighted by Crippen LogP contribution is -2.58. The maximum atomic E-state index is 12.1. The Balaban J connectivity index is 1.68. The average Bonchev–Trinajstić information content (AvgIpc) is 2.62. The van der Waals surface area contributed by atoms with Gasteiger partial charge in [0.05, 0.1) is 11.6 Å². The summed E-state index contributed by atoms with van der Waals surface area (Å²) in [5, 5.41) is 13.7. The highest BCUT2D eigenvalue weighted by atomic mass is 16.3. The molecule has 108 valence electrons. The van der Waals surface area contributed by atoms with Crippen LogP contribution in [0.15, 0.2) is 0 Å². The first-order valence-corrected chi connectivity index (χ1v) is 7.93. The summed E-state index contributed by atoms with van der Waals surface area (Å²) in [7, 11) is 0. The third kappa shape index (κ3) is 2.65. The number of fused-ring (bicyclic) bond motifs is 1. The molecule has 0 radical (unpaired) electrons. The zero-order valence-corrected chi connectivity index (χ0v) is 11.7. The molecule has 0 aromatic heterocycles. The van der Waals surface area contributed by atoms with E-state index in [1.54, 1.807) is 0 Å². The van der Waals surface area contributed by atoms with Crippen LogP contribution in [0.1, 0.15) is 51.4 Å². The number of carbonyl (C=O) groups excluding carboxylic acids is 1. The number of carbonyl (C=O) groups is 1. The Morgan fingerprint density at radius 3 is 2.89 bits per heavy atom. The minimum Gasteiger partial charge on any atom is -0.390 e. The molecular formula is C15H26N2O2. The van der Waals surface area contributed by atoms with Crippen molar-refractivity contribution in [2.75, 3.05) is 19.6 Å². The van der Waals surface area contributed by atoms with Gasteiger partial charge in [-0.1, -0.05) is 12.8 Å². The highest BCUT2D eigenvalue weighted by Crippen LogP contribution is 2.40. The fourth-order valence-electron chi connectivity index (χ4n) is 4.15. The molecule has 3 unspecified atom stereocenters. The van der Waals surface area contributed by atoms with Crippen LogP contribution in [0.2, 0.25) is 0 Å². The molecular weight excluding hydrogens is 240 g/mol. The Kier molecular flexibility index (Phi) is 3.81. The van der Waals surface area contributed by atoms with Gasteiger partial charge in [0.1, 0.15) is 0 Å². The number of nitrogens with zero attached hydrogens (tertiary/aromatic N) is 1. The van der Waals surface area contributed by atoms with E-state index in [-0.39, 0.29) is 11.9 Å². The Bertz CT molecular complexity index is 347. The predicted molar refractivity (Wildman–Crippen MR) is 73.7 cm³/mol. The van der Waals surface area contributed by atoms with Crippen molar-refractivity contribution in [2.45, 2.75) is 63.0 Å². The lowest BCUT2D eigenvalue weighted by Gasteiger charge is -2.49. The zero-order chi connectivity index (χ0) is 13.3. The number of hydrogen-bond donors (Lipinski definition) is 2. The van der Waals surface area contributed by atoms with Gasteiger partial charge in [0.25, 0.3) is 0 Å². The van der Waals surface area contributed by atoms with Gasteiger partial charge in [0.15, 0.2) is 0 Å². The van der Waals surface area contributed by atoms with Crippen molar-refractivity contribution in [1.29, 1.82) is 0 Å². The first-order chi connectivity index (χ1) is 9.19. The zero-order valence-electron chi connectivity index (χ0n) is 11.7. The topological polar surface area (TPSA) is 52.6 Å². The Labute approximate surface area is 115 Å². The molecule has 3 fully saturated rings. The highest BCUT2D eigenvalue weighted by molar-refractivity contribution is 5.81. The number of nitrogens with one attached hydrogen (secondary N) is 1. The molecule has 3 aliphatic rings. The summed E-state index contributed by atoms with van der Waals surface area (Å²) in [5.41, 5.74) is -0.435. The second-order valence-corrected chi connectivity index (χ2v) is 6.59. The summed E-state index contributed by atoms with van der Waals surface area (Å²) < 4.78 is 0. The van der Waals surface area contributed by atoms with Crippen LogP contribution in [0.4, 0.5) is 0 Å². The van der Waals surface area contributed by atoms with Crippen molar-refractivity contribution in [1.82, 2.24) is 10.2 Å². The first kappa shape index (κ1) is 13.4. The van der Waals surface area contributed by atoms with Gasteiger partial charge < -0.3 is 10.4 Å². The third-order valence-corrected chi connectivity index (χ3v) is 5.41. The predicted octanol–water partition coefficient (Wildman–Crippen LogP) is 1.28. The molecule has 0 aromatic rings. The largest absolute Gasteiger partial charge is 0.390 e. The fourth-order valence-corrected chi connectivity index (χ4v) is 4.15. The van der Waals surface area contributed by atoms with Crippen LogP contribution in [-0.2, 0) is 4.79 Å². The molecule has 1 amide bonds. The number of amides is 1. The minimum absolute atomic E-state index is 0.0500. The van der Waals surface area contributed by atoms with Gasteiger partial charge in [-0.3, -0.25) is 9.69 Å². The van der Waals surface area contributed by atoms with E-state index in [0.717, 1.165) is 64.6 Å². The third-order valence-electron chi connectivity index (χ3n) is 5.41. The second-order valence-electron chi connectivity index (χ2n) is 6.59. The number of hydrogen-bond acceptors (Lipinski definition) is 3. The standard InChI is InChI=1S/C15H26N2O2/c18-14-13(6-2-4-9-16-14)17-10-8-15(19)7-3-1-5-12(15)11-17/h12-13,19H,1-11H2,(H,16,18). The van der Waals surface area contributed by atoms with E-state index in [0.29, 0.717) is 5.92 Å². The first-order valence-electron chi connectivity index (χ1n) is 7.93. The summed E-state index contributed by atoms with van der Waals surface area (Å²) in [6, 6.07) is 0.0500.